The third kappa shape index (κ3) is 5.72. The van der Waals surface area contributed by atoms with Gasteiger partial charge in [0.25, 0.3) is 5.56 Å². The van der Waals surface area contributed by atoms with Crippen molar-refractivity contribution in [2.45, 2.75) is 50.5 Å². The maximum absolute atomic E-state index is 12.1. The van der Waals surface area contributed by atoms with Crippen LogP contribution in [0, 0.1) is 5.92 Å². The number of nitrogens with one attached hydrogen (secondary N) is 1. The summed E-state index contributed by atoms with van der Waals surface area (Å²) in [5.74, 6) is -0.543. The molecule has 1 aromatic heterocycles. The zero-order valence-electron chi connectivity index (χ0n) is 16.4. The first-order valence-electron chi connectivity index (χ1n) is 8.96. The smallest absolute Gasteiger partial charge is 0.330 e. The Balaban J connectivity index is 0.00000145. The highest BCUT2D eigenvalue weighted by atomic mass is 32.5. The number of H-pyrrole nitrogens is 1. The molecule has 0 spiro atoms. The van der Waals surface area contributed by atoms with Gasteiger partial charge in [0.05, 0.1) is 11.8 Å². The second kappa shape index (κ2) is 9.21. The first-order valence-corrected chi connectivity index (χ1v) is 13.8. The summed E-state index contributed by atoms with van der Waals surface area (Å²) in [5.41, 5.74) is -2.22. The molecule has 11 nitrogen and oxygen atoms in total. The van der Waals surface area contributed by atoms with Crippen LogP contribution in [0.25, 0.3) is 0 Å². The van der Waals surface area contributed by atoms with E-state index >= 15 is 0 Å². The van der Waals surface area contributed by atoms with E-state index in [-0.39, 0.29) is 6.42 Å². The van der Waals surface area contributed by atoms with E-state index in [1.165, 1.54) is 20.0 Å². The topological polar surface area (TPSA) is 160 Å². The average Bonchev–Trinajstić information content (AvgIpc) is 3.33. The molecule has 2 fully saturated rings. The number of hydrogen-bond acceptors (Lipinski definition) is 7. The minimum Gasteiger partial charge on any atom is -0.374 e. The van der Waals surface area contributed by atoms with Crippen molar-refractivity contribution in [3.8, 4) is 0 Å². The fourth-order valence-electron chi connectivity index (χ4n) is 3.40. The van der Waals surface area contributed by atoms with E-state index in [0.717, 1.165) is 10.6 Å². The zero-order chi connectivity index (χ0) is 22.1. The van der Waals surface area contributed by atoms with Gasteiger partial charge in [-0.25, -0.2) is 4.79 Å². The maximum Gasteiger partial charge on any atom is 0.330 e. The molecular formula is C15H26N2O9P2S. The van der Waals surface area contributed by atoms with E-state index < -0.39 is 61.5 Å². The summed E-state index contributed by atoms with van der Waals surface area (Å²) < 4.78 is 29.5. The van der Waals surface area contributed by atoms with Crippen LogP contribution in [-0.2, 0) is 30.4 Å². The van der Waals surface area contributed by atoms with E-state index in [0.29, 0.717) is 0 Å². The monoisotopic (exact) mass is 472 g/mol. The highest BCUT2D eigenvalue weighted by Crippen LogP contribution is 2.62. The van der Waals surface area contributed by atoms with Gasteiger partial charge in [-0.3, -0.25) is 18.9 Å². The van der Waals surface area contributed by atoms with Crippen LogP contribution in [0.2, 0.25) is 0 Å². The van der Waals surface area contributed by atoms with Gasteiger partial charge in [-0.05, 0) is 18.2 Å². The molecule has 0 amide bonds. The van der Waals surface area contributed by atoms with Crippen molar-refractivity contribution >= 4 is 25.9 Å². The van der Waals surface area contributed by atoms with Gasteiger partial charge < -0.3 is 28.7 Å². The standard InChI is InChI=1S/C13H20N2O9P2S.C2H6/c1-22-11-10(24-25(2,18)27)9(6-5-7(6)26(19,20)21)23-12(11)15-4-3-8(16)14-13(15)17;1-2/h3-4,6-7,9-12H,5H2,1-2H3,(H,18,27)(H,14,16,17)(H2,19,20,21);1-2H3. The van der Waals surface area contributed by atoms with Crippen molar-refractivity contribution in [2.75, 3.05) is 13.8 Å². The third-order valence-electron chi connectivity index (χ3n) is 4.60. The van der Waals surface area contributed by atoms with Crippen molar-refractivity contribution in [1.82, 2.24) is 9.55 Å². The summed E-state index contributed by atoms with van der Waals surface area (Å²) >= 11 is 4.95. The predicted molar refractivity (Wildman–Crippen MR) is 109 cm³/mol. The number of methoxy groups -OCH3 is 1. The van der Waals surface area contributed by atoms with Gasteiger partial charge in [0, 0.05) is 32.0 Å². The molecule has 166 valence electrons. The fourth-order valence-corrected chi connectivity index (χ4v) is 5.57. The largest absolute Gasteiger partial charge is 0.374 e. The van der Waals surface area contributed by atoms with Gasteiger partial charge in [-0.15, -0.1) is 0 Å². The van der Waals surface area contributed by atoms with Crippen molar-refractivity contribution in [3.05, 3.63) is 33.1 Å². The Labute approximate surface area is 172 Å². The minimum atomic E-state index is -4.32. The lowest BCUT2D eigenvalue weighted by Gasteiger charge is -2.26. The van der Waals surface area contributed by atoms with Crippen LogP contribution < -0.4 is 11.2 Å². The lowest BCUT2D eigenvalue weighted by Crippen LogP contribution is -2.39. The Hall–Kier alpha value is -0.680. The lowest BCUT2D eigenvalue weighted by molar-refractivity contribution is -0.0570. The van der Waals surface area contributed by atoms with Crippen molar-refractivity contribution in [2.24, 2.45) is 5.92 Å². The molecule has 3 rings (SSSR count). The molecule has 0 radical (unpaired) electrons. The molecule has 1 aliphatic carbocycles. The number of aromatic nitrogens is 2. The van der Waals surface area contributed by atoms with Crippen LogP contribution in [0.4, 0.5) is 0 Å². The van der Waals surface area contributed by atoms with E-state index in [1.807, 2.05) is 13.8 Å². The number of ether oxygens (including phenoxy) is 2. The van der Waals surface area contributed by atoms with Crippen LogP contribution in [0.3, 0.4) is 0 Å². The Morgan fingerprint density at radius 1 is 1.28 bits per heavy atom. The fraction of sp³-hybridized carbons (Fsp3) is 0.733. The molecule has 1 saturated heterocycles. The Kier molecular flexibility index (Phi) is 7.81. The first kappa shape index (κ1) is 24.6. The van der Waals surface area contributed by atoms with E-state index in [4.69, 9.17) is 25.8 Å². The molecule has 14 heteroatoms. The average molecular weight is 472 g/mol. The zero-order valence-corrected chi connectivity index (χ0v) is 19.0. The first-order chi connectivity index (χ1) is 13.4. The number of aromatic amines is 1. The molecular weight excluding hydrogens is 446 g/mol. The van der Waals surface area contributed by atoms with Gasteiger partial charge in [0.2, 0.25) is 0 Å². The second-order valence-corrected chi connectivity index (χ2v) is 12.3. The molecule has 2 heterocycles. The SMILES string of the molecule is CC.COC1C(OP(C)(O)=S)C(C2CC2P(=O)(O)O)OC1n1ccc(=O)[nH]c1=O. The molecule has 4 N–H and O–H groups in total. The molecule has 1 saturated carbocycles. The number of rotatable bonds is 6. The highest BCUT2D eigenvalue weighted by Gasteiger charge is 2.61. The third-order valence-corrected chi connectivity index (χ3v) is 6.95. The highest BCUT2D eigenvalue weighted by molar-refractivity contribution is 8.09. The van der Waals surface area contributed by atoms with E-state index in [1.54, 1.807) is 0 Å². The van der Waals surface area contributed by atoms with Gasteiger partial charge in [-0.2, -0.15) is 0 Å². The van der Waals surface area contributed by atoms with E-state index in [2.05, 4.69) is 4.98 Å². The van der Waals surface area contributed by atoms with Crippen molar-refractivity contribution in [1.29, 1.82) is 0 Å². The Morgan fingerprint density at radius 2 is 1.90 bits per heavy atom. The molecule has 2 aliphatic rings. The summed E-state index contributed by atoms with van der Waals surface area (Å²) in [6, 6.07) is 1.13. The Bertz CT molecular complexity index is 923. The van der Waals surface area contributed by atoms with Crippen molar-refractivity contribution in [3.63, 3.8) is 0 Å². The summed E-state index contributed by atoms with van der Waals surface area (Å²) in [4.78, 5) is 54.4. The van der Waals surface area contributed by atoms with Crippen molar-refractivity contribution < 1.29 is 33.2 Å². The summed E-state index contributed by atoms with van der Waals surface area (Å²) in [6.45, 7) is 2.15. The van der Waals surface area contributed by atoms with Crippen LogP contribution in [0.15, 0.2) is 21.9 Å². The quantitative estimate of drug-likeness (QED) is 0.426. The van der Waals surface area contributed by atoms with Crippen LogP contribution >= 0.6 is 14.1 Å². The molecule has 1 aliphatic heterocycles. The van der Waals surface area contributed by atoms with Crippen LogP contribution in [0.1, 0.15) is 26.5 Å². The molecule has 0 aromatic carbocycles. The van der Waals surface area contributed by atoms with Crippen LogP contribution in [0.5, 0.6) is 0 Å². The summed E-state index contributed by atoms with van der Waals surface area (Å²) in [6.07, 6.45) is -2.30. The maximum atomic E-state index is 12.1. The predicted octanol–water partition coefficient (Wildman–Crippen LogP) is 0.358. The normalized spacial score (nSPS) is 33.5. The number of hydrogen-bond donors (Lipinski definition) is 4. The van der Waals surface area contributed by atoms with Gasteiger partial charge in [-0.1, -0.05) is 13.8 Å². The minimum absolute atomic E-state index is 0.205. The summed E-state index contributed by atoms with van der Waals surface area (Å²) in [5, 5.41) is 0. The lowest BCUT2D eigenvalue weighted by atomic mass is 10.1. The number of nitrogens with zero attached hydrogens (tertiary/aromatic N) is 1. The summed E-state index contributed by atoms with van der Waals surface area (Å²) in [7, 11) is -2.97. The molecule has 29 heavy (non-hydrogen) atoms. The molecule has 7 atom stereocenters. The van der Waals surface area contributed by atoms with Gasteiger partial charge in [0.1, 0.15) is 12.2 Å². The molecule has 1 aromatic rings. The van der Waals surface area contributed by atoms with E-state index in [9.17, 15) is 28.8 Å². The van der Waals surface area contributed by atoms with Crippen LogP contribution in [-0.4, -0.2) is 62.0 Å². The Morgan fingerprint density at radius 3 is 2.34 bits per heavy atom. The van der Waals surface area contributed by atoms with Gasteiger partial charge >= 0.3 is 13.3 Å². The second-order valence-electron chi connectivity index (χ2n) is 6.64. The molecule has 0 bridgehead atoms. The van der Waals surface area contributed by atoms with Gasteiger partial charge in [0.15, 0.2) is 12.7 Å². The molecule has 7 unspecified atom stereocenters.